The van der Waals surface area contributed by atoms with Crippen molar-refractivity contribution in [2.45, 2.75) is 12.8 Å². The molecular weight excluding hydrogens is 359 g/mol. The number of halogens is 2. The van der Waals surface area contributed by atoms with E-state index in [-0.39, 0.29) is 0 Å². The molecule has 0 N–H and O–H groups in total. The Morgan fingerprint density at radius 3 is 2.44 bits per heavy atom. The van der Waals surface area contributed by atoms with E-state index in [1.54, 1.807) is 6.07 Å². The van der Waals surface area contributed by atoms with Crippen LogP contribution in [-0.2, 0) is 12.8 Å². The molecule has 25 heavy (non-hydrogen) atoms. The third kappa shape index (κ3) is 3.81. The molecule has 0 unspecified atom stereocenters. The summed E-state index contributed by atoms with van der Waals surface area (Å²) < 4.78 is 13.8. The lowest BCUT2D eigenvalue weighted by Gasteiger charge is -2.04. The minimum absolute atomic E-state index is 0.430. The average Bonchev–Trinajstić information content (AvgIpc) is 2.96. The number of nitrogens with zero attached hydrogens (tertiary/aromatic N) is 4. The average molecular weight is 371 g/mol. The Hall–Kier alpha value is -2.44. The summed E-state index contributed by atoms with van der Waals surface area (Å²) in [4.78, 5) is 17.3. The predicted molar refractivity (Wildman–Crippen MR) is 96.5 cm³/mol. The van der Waals surface area contributed by atoms with Crippen molar-refractivity contribution in [2.75, 3.05) is 0 Å². The first-order valence-electron chi connectivity index (χ1n) is 7.64. The number of thiazole rings is 1. The lowest BCUT2D eigenvalue weighted by molar-refractivity contribution is 0.527. The van der Waals surface area contributed by atoms with E-state index in [2.05, 4.69) is 19.9 Å². The third-order valence-electron chi connectivity index (χ3n) is 3.63. The second kappa shape index (κ2) is 6.82. The molecule has 4 nitrogen and oxygen atoms in total. The van der Waals surface area contributed by atoms with Crippen LogP contribution in [0.5, 0.6) is 0 Å². The predicted octanol–water partition coefficient (Wildman–Crippen LogP) is 4.46. The van der Waals surface area contributed by atoms with Crippen LogP contribution in [0.3, 0.4) is 0 Å². The van der Waals surface area contributed by atoms with Crippen molar-refractivity contribution in [1.29, 1.82) is 0 Å². The zero-order valence-electron chi connectivity index (χ0n) is 13.0. The Morgan fingerprint density at radius 2 is 1.64 bits per heavy atom. The number of rotatable bonds is 4. The van der Waals surface area contributed by atoms with E-state index in [1.165, 1.54) is 11.3 Å². The molecule has 0 spiro atoms. The maximum atomic E-state index is 13.8. The molecule has 3 aromatic heterocycles. The van der Waals surface area contributed by atoms with E-state index in [1.807, 2.05) is 42.5 Å². The number of aromatic nitrogens is 4. The number of benzene rings is 1. The van der Waals surface area contributed by atoms with Gasteiger partial charge in [-0.15, -0.1) is 0 Å². The lowest BCUT2D eigenvalue weighted by atomic mass is 10.1. The van der Waals surface area contributed by atoms with Gasteiger partial charge < -0.3 is 0 Å². The largest absolute Gasteiger partial charge is 0.309 e. The Morgan fingerprint density at radius 1 is 0.880 bits per heavy atom. The second-order valence-electron chi connectivity index (χ2n) is 5.52. The Kier molecular flexibility index (Phi) is 4.38. The molecule has 1 aromatic carbocycles. The molecule has 0 bridgehead atoms. The molecule has 0 saturated heterocycles. The van der Waals surface area contributed by atoms with Gasteiger partial charge in [-0.2, -0.15) is 4.39 Å². The zero-order chi connectivity index (χ0) is 17.2. The van der Waals surface area contributed by atoms with Crippen LogP contribution >= 0.6 is 22.9 Å². The van der Waals surface area contributed by atoms with Crippen molar-refractivity contribution in [3.05, 3.63) is 81.7 Å². The molecule has 4 aromatic rings. The summed E-state index contributed by atoms with van der Waals surface area (Å²) in [6, 6.07) is 15.2. The topological polar surface area (TPSA) is 51.6 Å². The van der Waals surface area contributed by atoms with Gasteiger partial charge in [0.15, 0.2) is 0 Å². The van der Waals surface area contributed by atoms with Crippen LogP contribution in [0, 0.1) is 6.08 Å². The molecule has 0 fully saturated rings. The SMILES string of the molecule is Fc1nc(Cc2ccccc2)cc(Cc2nc3ccc(Cl)nc3s2)n1. The zero-order valence-corrected chi connectivity index (χ0v) is 14.6. The molecule has 3 heterocycles. The van der Waals surface area contributed by atoms with Gasteiger partial charge in [0, 0.05) is 12.8 Å². The normalized spacial score (nSPS) is 11.1. The summed E-state index contributed by atoms with van der Waals surface area (Å²) >= 11 is 7.34. The summed E-state index contributed by atoms with van der Waals surface area (Å²) in [5, 5.41) is 1.24. The standard InChI is InChI=1S/C18H12ClFN4S/c19-15-7-6-14-17(24-15)25-16(23-14)10-13-9-12(21-18(20)22-13)8-11-4-2-1-3-5-11/h1-7,9H,8,10H2. The first-order valence-corrected chi connectivity index (χ1v) is 8.83. The number of pyridine rings is 1. The van der Waals surface area contributed by atoms with E-state index in [4.69, 9.17) is 11.6 Å². The first-order chi connectivity index (χ1) is 12.2. The lowest BCUT2D eigenvalue weighted by Crippen LogP contribution is -2.02. The van der Waals surface area contributed by atoms with Gasteiger partial charge in [0.25, 0.3) is 0 Å². The fraction of sp³-hybridized carbons (Fsp3) is 0.111. The van der Waals surface area contributed by atoms with Crippen molar-refractivity contribution in [3.8, 4) is 0 Å². The van der Waals surface area contributed by atoms with E-state index in [0.717, 1.165) is 20.9 Å². The third-order valence-corrected chi connectivity index (χ3v) is 4.81. The molecule has 0 atom stereocenters. The van der Waals surface area contributed by atoms with E-state index >= 15 is 0 Å². The van der Waals surface area contributed by atoms with Crippen LogP contribution in [0.2, 0.25) is 5.15 Å². The molecular formula is C18H12ClFN4S. The molecule has 0 amide bonds. The molecule has 7 heteroatoms. The highest BCUT2D eigenvalue weighted by Gasteiger charge is 2.10. The summed E-state index contributed by atoms with van der Waals surface area (Å²) in [6.45, 7) is 0. The van der Waals surface area contributed by atoms with Crippen molar-refractivity contribution >= 4 is 33.3 Å². The molecule has 4 rings (SSSR count). The number of hydrogen-bond acceptors (Lipinski definition) is 5. The molecule has 0 aliphatic heterocycles. The van der Waals surface area contributed by atoms with Crippen LogP contribution in [-0.4, -0.2) is 19.9 Å². The second-order valence-corrected chi connectivity index (χ2v) is 6.97. The smallest absolute Gasteiger partial charge is 0.239 e. The van der Waals surface area contributed by atoms with Crippen molar-refractivity contribution in [1.82, 2.24) is 19.9 Å². The van der Waals surface area contributed by atoms with Crippen LogP contribution < -0.4 is 0 Å². The summed E-state index contributed by atoms with van der Waals surface area (Å²) in [5.74, 6) is 0. The Bertz CT molecular complexity index is 1040. The fourth-order valence-corrected chi connectivity index (χ4v) is 3.72. The number of hydrogen-bond donors (Lipinski definition) is 0. The van der Waals surface area contributed by atoms with Crippen LogP contribution in [0.4, 0.5) is 4.39 Å². The van der Waals surface area contributed by atoms with Crippen LogP contribution in [0.1, 0.15) is 22.0 Å². The van der Waals surface area contributed by atoms with Crippen LogP contribution in [0.25, 0.3) is 10.3 Å². The Balaban J connectivity index is 1.61. The highest BCUT2D eigenvalue weighted by molar-refractivity contribution is 7.18. The quantitative estimate of drug-likeness (QED) is 0.393. The fourth-order valence-electron chi connectivity index (χ4n) is 2.58. The molecule has 0 radical (unpaired) electrons. The van der Waals surface area contributed by atoms with Gasteiger partial charge >= 0.3 is 6.08 Å². The van der Waals surface area contributed by atoms with Gasteiger partial charge in [-0.1, -0.05) is 53.3 Å². The summed E-state index contributed by atoms with van der Waals surface area (Å²) in [6.07, 6.45) is 0.273. The van der Waals surface area contributed by atoms with Crippen molar-refractivity contribution in [3.63, 3.8) is 0 Å². The number of fused-ring (bicyclic) bond motifs is 1. The van der Waals surface area contributed by atoms with Gasteiger partial charge in [0.1, 0.15) is 20.5 Å². The van der Waals surface area contributed by atoms with Crippen molar-refractivity contribution in [2.24, 2.45) is 0 Å². The van der Waals surface area contributed by atoms with E-state index in [9.17, 15) is 4.39 Å². The van der Waals surface area contributed by atoms with Gasteiger partial charge in [0.05, 0.1) is 11.4 Å². The monoisotopic (exact) mass is 370 g/mol. The van der Waals surface area contributed by atoms with Gasteiger partial charge in [-0.05, 0) is 23.8 Å². The maximum absolute atomic E-state index is 13.8. The Labute approximate surface area is 152 Å². The highest BCUT2D eigenvalue weighted by Crippen LogP contribution is 2.23. The highest BCUT2D eigenvalue weighted by atomic mass is 35.5. The summed E-state index contributed by atoms with van der Waals surface area (Å²) in [5.41, 5.74) is 3.10. The van der Waals surface area contributed by atoms with Gasteiger partial charge in [-0.25, -0.2) is 19.9 Å². The van der Waals surface area contributed by atoms with E-state index < -0.39 is 6.08 Å². The summed E-state index contributed by atoms with van der Waals surface area (Å²) in [7, 11) is 0. The maximum Gasteiger partial charge on any atom is 0.309 e. The molecule has 0 aliphatic rings. The van der Waals surface area contributed by atoms with Gasteiger partial charge in [0.2, 0.25) is 0 Å². The van der Waals surface area contributed by atoms with Crippen molar-refractivity contribution < 1.29 is 4.39 Å². The molecule has 0 aliphatic carbocycles. The first kappa shape index (κ1) is 16.1. The van der Waals surface area contributed by atoms with Crippen LogP contribution in [0.15, 0.2) is 48.5 Å². The minimum atomic E-state index is -0.717. The molecule has 0 saturated carbocycles. The minimum Gasteiger partial charge on any atom is -0.239 e. The van der Waals surface area contributed by atoms with E-state index in [0.29, 0.717) is 29.4 Å². The van der Waals surface area contributed by atoms with Gasteiger partial charge in [-0.3, -0.25) is 0 Å². The molecule has 124 valence electrons.